The number of carbonyl (C=O) groups excluding carboxylic acids is 2. The van der Waals surface area contributed by atoms with Crippen molar-refractivity contribution in [1.82, 2.24) is 4.90 Å². The monoisotopic (exact) mass is 708 g/mol. The first-order chi connectivity index (χ1) is 25.5. The number of aliphatic hydroxyl groups is 1. The molecule has 0 bridgehead atoms. The standard InChI is InChI=1S/C40H44N4O8/c41-43-42-35-37(49-27-31-18-8-2-9-19-31)36(45)34(29-50-38(46)33-22-12-4-13-23-33)52-39(35)48-25-15-5-14-24-44(26-30-16-6-1-7-17-30)40(47)51-28-32-20-10-3-11-21-32/h1-4,6-13,16-23,34-37,39,45H,5,14-15,24-29H2/t34-,35-,36-,37-,39-/m1/s1. The van der Waals surface area contributed by atoms with Gasteiger partial charge in [0, 0.05) is 24.6 Å². The van der Waals surface area contributed by atoms with Crippen molar-refractivity contribution >= 4 is 12.1 Å². The molecule has 1 aliphatic heterocycles. The minimum atomic E-state index is -1.29. The molecule has 5 rings (SSSR count). The van der Waals surface area contributed by atoms with Crippen LogP contribution >= 0.6 is 0 Å². The van der Waals surface area contributed by atoms with Crippen molar-refractivity contribution in [2.75, 3.05) is 19.8 Å². The molecule has 12 nitrogen and oxygen atoms in total. The third kappa shape index (κ3) is 11.7. The number of amides is 1. The maximum Gasteiger partial charge on any atom is 0.410 e. The van der Waals surface area contributed by atoms with E-state index in [0.29, 0.717) is 37.9 Å². The molecule has 0 radical (unpaired) electrons. The van der Waals surface area contributed by atoms with E-state index in [-0.39, 0.29) is 26.4 Å². The highest BCUT2D eigenvalue weighted by atomic mass is 16.7. The van der Waals surface area contributed by atoms with Gasteiger partial charge in [-0.25, -0.2) is 9.59 Å². The van der Waals surface area contributed by atoms with Crippen LogP contribution in [0.5, 0.6) is 0 Å². The van der Waals surface area contributed by atoms with E-state index in [1.54, 1.807) is 35.2 Å². The number of hydrogen-bond donors (Lipinski definition) is 1. The molecule has 0 aromatic heterocycles. The minimum absolute atomic E-state index is 0.135. The number of carbonyl (C=O) groups is 2. The van der Waals surface area contributed by atoms with Gasteiger partial charge in [0.05, 0.1) is 18.3 Å². The van der Waals surface area contributed by atoms with E-state index in [0.717, 1.165) is 16.7 Å². The van der Waals surface area contributed by atoms with Gasteiger partial charge < -0.3 is 33.7 Å². The van der Waals surface area contributed by atoms with Gasteiger partial charge in [0.1, 0.15) is 31.5 Å². The number of aliphatic hydroxyl groups excluding tert-OH is 1. The maximum absolute atomic E-state index is 13.1. The van der Waals surface area contributed by atoms with Crippen molar-refractivity contribution in [2.45, 2.75) is 69.7 Å². The summed E-state index contributed by atoms with van der Waals surface area (Å²) >= 11 is 0. The lowest BCUT2D eigenvalue weighted by Gasteiger charge is -2.42. The van der Waals surface area contributed by atoms with Crippen LogP contribution in [0.25, 0.3) is 10.4 Å². The molecule has 12 heteroatoms. The molecule has 4 aromatic carbocycles. The van der Waals surface area contributed by atoms with E-state index >= 15 is 0 Å². The largest absolute Gasteiger partial charge is 0.459 e. The second-order valence-corrected chi connectivity index (χ2v) is 12.3. The maximum atomic E-state index is 13.1. The lowest BCUT2D eigenvalue weighted by atomic mass is 9.97. The summed E-state index contributed by atoms with van der Waals surface area (Å²) in [5, 5.41) is 15.2. The Bertz CT molecular complexity index is 1690. The highest BCUT2D eigenvalue weighted by Crippen LogP contribution is 2.29. The molecule has 272 valence electrons. The van der Waals surface area contributed by atoms with Gasteiger partial charge in [0.25, 0.3) is 0 Å². The van der Waals surface area contributed by atoms with Crippen LogP contribution in [0, 0.1) is 0 Å². The summed E-state index contributed by atoms with van der Waals surface area (Å²) in [4.78, 5) is 30.5. The topological polar surface area (TPSA) is 153 Å². The number of azide groups is 1. The lowest BCUT2D eigenvalue weighted by molar-refractivity contribution is -0.273. The quantitative estimate of drug-likeness (QED) is 0.0374. The van der Waals surface area contributed by atoms with Gasteiger partial charge >= 0.3 is 12.1 Å². The molecular weight excluding hydrogens is 664 g/mol. The Hall–Kier alpha value is -5.23. The van der Waals surface area contributed by atoms with Gasteiger partial charge in [0.15, 0.2) is 6.29 Å². The van der Waals surface area contributed by atoms with Crippen molar-refractivity contribution in [3.63, 3.8) is 0 Å². The number of esters is 1. The van der Waals surface area contributed by atoms with Crippen molar-refractivity contribution in [3.8, 4) is 0 Å². The first-order valence-corrected chi connectivity index (χ1v) is 17.4. The van der Waals surface area contributed by atoms with Crippen LogP contribution in [0.15, 0.2) is 126 Å². The molecule has 1 aliphatic rings. The summed E-state index contributed by atoms with van der Waals surface area (Å²) in [5.41, 5.74) is 12.6. The third-order valence-corrected chi connectivity index (χ3v) is 8.53. The van der Waals surface area contributed by atoms with E-state index in [2.05, 4.69) is 10.0 Å². The zero-order chi connectivity index (χ0) is 36.4. The third-order valence-electron chi connectivity index (χ3n) is 8.53. The van der Waals surface area contributed by atoms with Gasteiger partial charge in [0.2, 0.25) is 0 Å². The normalized spacial score (nSPS) is 19.6. The van der Waals surface area contributed by atoms with Crippen molar-refractivity contribution < 1.29 is 38.4 Å². The highest BCUT2D eigenvalue weighted by Gasteiger charge is 2.47. The summed E-state index contributed by atoms with van der Waals surface area (Å²) in [7, 11) is 0. The van der Waals surface area contributed by atoms with E-state index in [9.17, 15) is 20.2 Å². The number of hydrogen-bond acceptors (Lipinski definition) is 9. The Labute approximate surface area is 303 Å². The Balaban J connectivity index is 1.17. The molecular formula is C40H44N4O8. The smallest absolute Gasteiger partial charge is 0.410 e. The van der Waals surface area contributed by atoms with Gasteiger partial charge in [-0.2, -0.15) is 0 Å². The molecule has 0 aliphatic carbocycles. The molecule has 1 N–H and O–H groups in total. The first-order valence-electron chi connectivity index (χ1n) is 17.4. The molecule has 1 saturated heterocycles. The molecule has 0 spiro atoms. The highest BCUT2D eigenvalue weighted by molar-refractivity contribution is 5.89. The summed E-state index contributed by atoms with van der Waals surface area (Å²) in [6, 6.07) is 36.2. The molecule has 0 unspecified atom stereocenters. The van der Waals surface area contributed by atoms with Gasteiger partial charge in [-0.1, -0.05) is 114 Å². The summed E-state index contributed by atoms with van der Waals surface area (Å²) in [5.74, 6) is -0.571. The van der Waals surface area contributed by atoms with Crippen LogP contribution in [0.2, 0.25) is 0 Å². The fourth-order valence-electron chi connectivity index (χ4n) is 5.77. The molecule has 0 saturated carbocycles. The average Bonchev–Trinajstić information content (AvgIpc) is 3.19. The zero-order valence-electron chi connectivity index (χ0n) is 28.9. The summed E-state index contributed by atoms with van der Waals surface area (Å²) in [6.07, 6.45) is -2.79. The average molecular weight is 709 g/mol. The fourth-order valence-corrected chi connectivity index (χ4v) is 5.77. The van der Waals surface area contributed by atoms with E-state index < -0.39 is 42.7 Å². The Morgan fingerprint density at radius 2 is 1.35 bits per heavy atom. The van der Waals surface area contributed by atoms with Crippen LogP contribution in [0.3, 0.4) is 0 Å². The van der Waals surface area contributed by atoms with Crippen molar-refractivity contribution in [3.05, 3.63) is 154 Å². The fraction of sp³-hybridized carbons (Fsp3) is 0.350. The van der Waals surface area contributed by atoms with Crippen LogP contribution in [0.1, 0.15) is 46.3 Å². The van der Waals surface area contributed by atoms with Crippen LogP contribution < -0.4 is 0 Å². The first kappa shape index (κ1) is 38.0. The second-order valence-electron chi connectivity index (χ2n) is 12.3. The minimum Gasteiger partial charge on any atom is -0.459 e. The Kier molecular flexibility index (Phi) is 15.0. The SMILES string of the molecule is [N-]=[N+]=N[C@H]1[C@H](OCCCCCN(Cc2ccccc2)C(=O)OCc2ccccc2)O[C@H](COC(=O)c2ccccc2)[C@@H](O)[C@@H]1OCc1ccccc1. The predicted octanol–water partition coefficient (Wildman–Crippen LogP) is 7.22. The van der Waals surface area contributed by atoms with Crippen LogP contribution in [-0.4, -0.2) is 72.5 Å². The number of unbranched alkanes of at least 4 members (excludes halogenated alkanes) is 2. The molecule has 4 aromatic rings. The van der Waals surface area contributed by atoms with Gasteiger partial charge in [-0.05, 0) is 53.6 Å². The van der Waals surface area contributed by atoms with Gasteiger partial charge in [-0.15, -0.1) is 0 Å². The van der Waals surface area contributed by atoms with E-state index in [1.807, 2.05) is 91.0 Å². The molecule has 52 heavy (non-hydrogen) atoms. The predicted molar refractivity (Wildman–Crippen MR) is 193 cm³/mol. The van der Waals surface area contributed by atoms with E-state index in [1.165, 1.54) is 0 Å². The van der Waals surface area contributed by atoms with Gasteiger partial charge in [-0.3, -0.25) is 0 Å². The Morgan fingerprint density at radius 3 is 1.98 bits per heavy atom. The number of rotatable bonds is 18. The summed E-state index contributed by atoms with van der Waals surface area (Å²) in [6.45, 7) is 1.16. The number of benzene rings is 4. The lowest BCUT2D eigenvalue weighted by Crippen LogP contribution is -2.59. The van der Waals surface area contributed by atoms with Crippen molar-refractivity contribution in [2.24, 2.45) is 5.11 Å². The Morgan fingerprint density at radius 1 is 0.750 bits per heavy atom. The zero-order valence-corrected chi connectivity index (χ0v) is 28.9. The molecule has 1 heterocycles. The second kappa shape index (κ2) is 20.6. The van der Waals surface area contributed by atoms with Crippen LogP contribution in [0.4, 0.5) is 4.79 Å². The van der Waals surface area contributed by atoms with E-state index in [4.69, 9.17) is 23.7 Å². The molecule has 5 atom stereocenters. The number of nitrogens with zero attached hydrogens (tertiary/aromatic N) is 4. The van der Waals surface area contributed by atoms with Crippen molar-refractivity contribution in [1.29, 1.82) is 0 Å². The molecule has 1 amide bonds. The molecule has 1 fully saturated rings. The number of ether oxygens (including phenoxy) is 5. The van der Waals surface area contributed by atoms with Crippen LogP contribution in [-0.2, 0) is 43.4 Å². The summed E-state index contributed by atoms with van der Waals surface area (Å²) < 4.78 is 29.4.